The molecule has 1 aliphatic rings. The number of nitrogens with one attached hydrogen (secondary N) is 1. The first-order valence-corrected chi connectivity index (χ1v) is 11.3. The Labute approximate surface area is 189 Å². The van der Waals surface area contributed by atoms with Gasteiger partial charge in [-0.15, -0.1) is 11.8 Å². The van der Waals surface area contributed by atoms with Gasteiger partial charge in [-0.1, -0.05) is 36.4 Å². The summed E-state index contributed by atoms with van der Waals surface area (Å²) in [5.74, 6) is -2.03. The fraction of sp³-hybridized carbons (Fsp3) is 0.200. The molecule has 1 unspecified atom stereocenters. The van der Waals surface area contributed by atoms with Crippen LogP contribution >= 0.6 is 11.8 Å². The SMILES string of the molecule is CC(NC(=O)c1ccccc1SCC(=O)N1CCc2ccccc21)c1ccc(F)c(F)c1. The quantitative estimate of drug-likeness (QED) is 0.527. The van der Waals surface area contributed by atoms with Crippen molar-refractivity contribution >= 4 is 29.3 Å². The minimum Gasteiger partial charge on any atom is -0.345 e. The van der Waals surface area contributed by atoms with Crippen molar-refractivity contribution in [2.45, 2.75) is 24.3 Å². The van der Waals surface area contributed by atoms with Crippen molar-refractivity contribution in [3.63, 3.8) is 0 Å². The number of anilines is 1. The average Bonchev–Trinajstić information content (AvgIpc) is 3.23. The lowest BCUT2D eigenvalue weighted by molar-refractivity contribution is -0.116. The molecule has 0 bridgehead atoms. The summed E-state index contributed by atoms with van der Waals surface area (Å²) in [6.07, 6.45) is 0.841. The van der Waals surface area contributed by atoms with Crippen molar-refractivity contribution in [2.75, 3.05) is 17.2 Å². The molecule has 0 radical (unpaired) electrons. The number of rotatable bonds is 6. The third-order valence-electron chi connectivity index (χ3n) is 5.46. The van der Waals surface area contributed by atoms with Crippen LogP contribution in [0.25, 0.3) is 0 Å². The number of nitrogens with zero attached hydrogens (tertiary/aromatic N) is 1. The molecule has 3 aromatic rings. The molecule has 32 heavy (non-hydrogen) atoms. The number of amides is 2. The molecule has 0 aromatic heterocycles. The Kier molecular flexibility index (Phi) is 6.55. The van der Waals surface area contributed by atoms with Gasteiger partial charge in [0.2, 0.25) is 5.91 Å². The van der Waals surface area contributed by atoms with Crippen LogP contribution in [0.3, 0.4) is 0 Å². The molecule has 0 saturated carbocycles. The largest absolute Gasteiger partial charge is 0.345 e. The van der Waals surface area contributed by atoms with Gasteiger partial charge in [0.1, 0.15) is 0 Å². The van der Waals surface area contributed by atoms with Crippen LogP contribution < -0.4 is 10.2 Å². The number of halogens is 2. The van der Waals surface area contributed by atoms with E-state index in [9.17, 15) is 18.4 Å². The highest BCUT2D eigenvalue weighted by Crippen LogP contribution is 2.30. The highest BCUT2D eigenvalue weighted by atomic mass is 32.2. The molecule has 4 nitrogen and oxygen atoms in total. The van der Waals surface area contributed by atoms with E-state index in [1.54, 1.807) is 30.0 Å². The molecule has 3 aromatic carbocycles. The molecule has 0 fully saturated rings. The molecule has 1 atom stereocenters. The first-order chi connectivity index (χ1) is 15.4. The van der Waals surface area contributed by atoms with E-state index in [-0.39, 0.29) is 17.6 Å². The van der Waals surface area contributed by atoms with Gasteiger partial charge in [0.05, 0.1) is 17.4 Å². The van der Waals surface area contributed by atoms with E-state index in [1.165, 1.54) is 17.8 Å². The van der Waals surface area contributed by atoms with Gasteiger partial charge in [-0.05, 0) is 54.8 Å². The van der Waals surface area contributed by atoms with E-state index in [4.69, 9.17) is 0 Å². The molecule has 1 aliphatic heterocycles. The lowest BCUT2D eigenvalue weighted by Gasteiger charge is -2.18. The maximum Gasteiger partial charge on any atom is 0.252 e. The molecule has 4 rings (SSSR count). The minimum absolute atomic E-state index is 0.00897. The van der Waals surface area contributed by atoms with Crippen molar-refractivity contribution in [2.24, 2.45) is 0 Å². The van der Waals surface area contributed by atoms with E-state index in [0.29, 0.717) is 22.6 Å². The summed E-state index contributed by atoms with van der Waals surface area (Å²) in [5, 5.41) is 2.82. The fourth-order valence-corrected chi connectivity index (χ4v) is 4.66. The van der Waals surface area contributed by atoms with Gasteiger partial charge in [0.25, 0.3) is 5.91 Å². The zero-order valence-electron chi connectivity index (χ0n) is 17.5. The molecule has 164 valence electrons. The van der Waals surface area contributed by atoms with E-state index < -0.39 is 17.7 Å². The van der Waals surface area contributed by atoms with Crippen LogP contribution in [0.2, 0.25) is 0 Å². The summed E-state index contributed by atoms with van der Waals surface area (Å²) in [4.78, 5) is 28.2. The molecule has 7 heteroatoms. The van der Waals surface area contributed by atoms with Crippen molar-refractivity contribution in [1.29, 1.82) is 0 Å². The Hall–Kier alpha value is -3.19. The lowest BCUT2D eigenvalue weighted by Crippen LogP contribution is -2.30. The Balaban J connectivity index is 1.43. The minimum atomic E-state index is -0.957. The number of benzene rings is 3. The fourth-order valence-electron chi connectivity index (χ4n) is 3.73. The molecular weight excluding hydrogens is 430 g/mol. The van der Waals surface area contributed by atoms with E-state index in [1.807, 2.05) is 30.3 Å². The second-order valence-corrected chi connectivity index (χ2v) is 8.59. The lowest BCUT2D eigenvalue weighted by atomic mass is 10.1. The van der Waals surface area contributed by atoms with Crippen LogP contribution in [0.5, 0.6) is 0 Å². The second-order valence-electron chi connectivity index (χ2n) is 7.58. The number of hydrogen-bond acceptors (Lipinski definition) is 3. The molecule has 2 amide bonds. The van der Waals surface area contributed by atoms with Gasteiger partial charge in [-0.3, -0.25) is 9.59 Å². The predicted octanol–water partition coefficient (Wildman–Crippen LogP) is 5.14. The van der Waals surface area contributed by atoms with Gasteiger partial charge in [-0.25, -0.2) is 8.78 Å². The number of thioether (sulfide) groups is 1. The highest BCUT2D eigenvalue weighted by Gasteiger charge is 2.24. The van der Waals surface area contributed by atoms with Crippen molar-refractivity contribution < 1.29 is 18.4 Å². The summed E-state index contributed by atoms with van der Waals surface area (Å²) in [7, 11) is 0. The standard InChI is InChI=1S/C25H22F2N2O2S/c1-16(18-10-11-20(26)21(27)14-18)28-25(31)19-7-3-5-9-23(19)32-15-24(30)29-13-12-17-6-2-4-8-22(17)29/h2-11,14,16H,12-13,15H2,1H3,(H,28,31). The van der Waals surface area contributed by atoms with Crippen molar-refractivity contribution in [1.82, 2.24) is 5.32 Å². The number of fused-ring (bicyclic) bond motifs is 1. The van der Waals surface area contributed by atoms with Crippen LogP contribution in [-0.4, -0.2) is 24.1 Å². The van der Waals surface area contributed by atoms with Crippen LogP contribution in [-0.2, 0) is 11.2 Å². The third-order valence-corrected chi connectivity index (χ3v) is 6.52. The number of para-hydroxylation sites is 1. The predicted molar refractivity (Wildman–Crippen MR) is 122 cm³/mol. The summed E-state index contributed by atoms with van der Waals surface area (Å²) in [5.41, 5.74) is 3.01. The van der Waals surface area contributed by atoms with Crippen LogP contribution in [0.15, 0.2) is 71.6 Å². The summed E-state index contributed by atoms with van der Waals surface area (Å²) >= 11 is 1.31. The summed E-state index contributed by atoms with van der Waals surface area (Å²) < 4.78 is 26.7. The first kappa shape index (κ1) is 22.0. The van der Waals surface area contributed by atoms with Gasteiger partial charge >= 0.3 is 0 Å². The Morgan fingerprint density at radius 1 is 1.03 bits per heavy atom. The van der Waals surface area contributed by atoms with Crippen LogP contribution in [0.1, 0.15) is 34.5 Å². The highest BCUT2D eigenvalue weighted by molar-refractivity contribution is 8.00. The number of carbonyl (C=O) groups is 2. The Morgan fingerprint density at radius 2 is 1.78 bits per heavy atom. The molecule has 1 heterocycles. The van der Waals surface area contributed by atoms with E-state index in [0.717, 1.165) is 29.8 Å². The first-order valence-electron chi connectivity index (χ1n) is 10.3. The van der Waals surface area contributed by atoms with Gasteiger partial charge < -0.3 is 10.2 Å². The maximum absolute atomic E-state index is 13.5. The van der Waals surface area contributed by atoms with E-state index >= 15 is 0 Å². The van der Waals surface area contributed by atoms with Crippen LogP contribution in [0, 0.1) is 11.6 Å². The zero-order valence-corrected chi connectivity index (χ0v) is 18.3. The molecular formula is C25H22F2N2O2S. The van der Waals surface area contributed by atoms with E-state index in [2.05, 4.69) is 5.32 Å². The van der Waals surface area contributed by atoms with Crippen molar-refractivity contribution in [3.05, 3.63) is 95.1 Å². The van der Waals surface area contributed by atoms with Gasteiger partial charge in [-0.2, -0.15) is 0 Å². The second kappa shape index (κ2) is 9.53. The monoisotopic (exact) mass is 452 g/mol. The molecule has 0 aliphatic carbocycles. The Morgan fingerprint density at radius 3 is 2.59 bits per heavy atom. The summed E-state index contributed by atoms with van der Waals surface area (Å²) in [6.45, 7) is 2.36. The zero-order chi connectivity index (χ0) is 22.7. The Bertz CT molecular complexity index is 1170. The van der Waals surface area contributed by atoms with Gasteiger partial charge in [0.15, 0.2) is 11.6 Å². The maximum atomic E-state index is 13.5. The average molecular weight is 453 g/mol. The normalized spacial score (nSPS) is 13.5. The number of hydrogen-bond donors (Lipinski definition) is 1. The topological polar surface area (TPSA) is 49.4 Å². The number of carbonyl (C=O) groups excluding carboxylic acids is 2. The smallest absolute Gasteiger partial charge is 0.252 e. The molecule has 0 saturated heterocycles. The summed E-state index contributed by atoms with van der Waals surface area (Å²) in [6, 6.07) is 18.0. The van der Waals surface area contributed by atoms with Gasteiger partial charge in [0, 0.05) is 17.1 Å². The third kappa shape index (κ3) is 4.67. The van der Waals surface area contributed by atoms with Crippen LogP contribution in [0.4, 0.5) is 14.5 Å². The van der Waals surface area contributed by atoms with Crippen molar-refractivity contribution in [3.8, 4) is 0 Å². The molecule has 0 spiro atoms. The molecule has 1 N–H and O–H groups in total.